The number of carbonyl (C=O) groups is 1. The van der Waals surface area contributed by atoms with Crippen molar-refractivity contribution in [1.29, 1.82) is 0 Å². The molecule has 1 heterocycles. The Bertz CT molecular complexity index is 554. The van der Waals surface area contributed by atoms with Gasteiger partial charge in [0.2, 0.25) is 0 Å². The van der Waals surface area contributed by atoms with E-state index in [1.807, 2.05) is 0 Å². The molecule has 0 bridgehead atoms. The molecular formula is C10H8F2N4O. The standard InChI is InChI=1S/C10H8F2N4O/c1-5-2-3-6(11)9(8(5)12)14-10(17)7-4-13-16-15-7/h2-4H,1H3,(H,14,17)(H,13,15,16). The van der Waals surface area contributed by atoms with Crippen LogP contribution in [0, 0.1) is 18.6 Å². The second-order valence-corrected chi connectivity index (χ2v) is 3.36. The van der Waals surface area contributed by atoms with Crippen LogP contribution < -0.4 is 5.32 Å². The molecule has 2 N–H and O–H groups in total. The van der Waals surface area contributed by atoms with Gasteiger partial charge in [0.05, 0.1) is 6.20 Å². The highest BCUT2D eigenvalue weighted by atomic mass is 19.1. The maximum Gasteiger partial charge on any atom is 0.277 e. The number of rotatable bonds is 2. The summed E-state index contributed by atoms with van der Waals surface area (Å²) in [6, 6.07) is 2.37. The molecule has 0 spiro atoms. The number of aryl methyl sites for hydroxylation is 1. The molecule has 0 atom stereocenters. The molecule has 1 amide bonds. The lowest BCUT2D eigenvalue weighted by Crippen LogP contribution is -2.15. The van der Waals surface area contributed by atoms with Gasteiger partial charge < -0.3 is 5.32 Å². The Morgan fingerprint density at radius 3 is 2.82 bits per heavy atom. The van der Waals surface area contributed by atoms with Crippen LogP contribution in [-0.4, -0.2) is 21.3 Å². The third-order valence-electron chi connectivity index (χ3n) is 2.17. The summed E-state index contributed by atoms with van der Waals surface area (Å²) in [7, 11) is 0. The predicted octanol–water partition coefficient (Wildman–Crippen LogP) is 1.64. The minimum atomic E-state index is -0.843. The van der Waals surface area contributed by atoms with E-state index in [9.17, 15) is 13.6 Å². The zero-order valence-electron chi connectivity index (χ0n) is 8.79. The SMILES string of the molecule is Cc1ccc(F)c(NC(=O)c2cn[nH]n2)c1F. The lowest BCUT2D eigenvalue weighted by molar-refractivity contribution is 0.102. The smallest absolute Gasteiger partial charge is 0.277 e. The van der Waals surface area contributed by atoms with Crippen LogP contribution in [0.3, 0.4) is 0 Å². The van der Waals surface area contributed by atoms with E-state index in [2.05, 4.69) is 20.7 Å². The van der Waals surface area contributed by atoms with Crippen LogP contribution in [0.2, 0.25) is 0 Å². The van der Waals surface area contributed by atoms with Gasteiger partial charge >= 0.3 is 0 Å². The van der Waals surface area contributed by atoms with Crippen molar-refractivity contribution in [1.82, 2.24) is 15.4 Å². The lowest BCUT2D eigenvalue weighted by atomic mass is 10.2. The Morgan fingerprint density at radius 2 is 2.18 bits per heavy atom. The molecule has 5 nitrogen and oxygen atoms in total. The van der Waals surface area contributed by atoms with Crippen LogP contribution in [0.5, 0.6) is 0 Å². The van der Waals surface area contributed by atoms with Crippen molar-refractivity contribution in [2.24, 2.45) is 0 Å². The second-order valence-electron chi connectivity index (χ2n) is 3.36. The van der Waals surface area contributed by atoms with Crippen LogP contribution in [0.1, 0.15) is 16.1 Å². The van der Waals surface area contributed by atoms with Crippen molar-refractivity contribution in [3.05, 3.63) is 41.2 Å². The van der Waals surface area contributed by atoms with E-state index in [4.69, 9.17) is 0 Å². The van der Waals surface area contributed by atoms with Crippen molar-refractivity contribution in [3.8, 4) is 0 Å². The van der Waals surface area contributed by atoms with Crippen molar-refractivity contribution >= 4 is 11.6 Å². The number of carbonyl (C=O) groups excluding carboxylic acids is 1. The van der Waals surface area contributed by atoms with Crippen molar-refractivity contribution in [2.45, 2.75) is 6.92 Å². The number of benzene rings is 1. The summed E-state index contributed by atoms with van der Waals surface area (Å²) in [5.41, 5.74) is -0.301. The van der Waals surface area contributed by atoms with Crippen LogP contribution in [0.4, 0.5) is 14.5 Å². The molecular weight excluding hydrogens is 230 g/mol. The highest BCUT2D eigenvalue weighted by Gasteiger charge is 2.16. The number of aromatic nitrogens is 3. The maximum atomic E-state index is 13.6. The Kier molecular flexibility index (Phi) is 2.82. The summed E-state index contributed by atoms with van der Waals surface area (Å²) in [6.45, 7) is 1.47. The third-order valence-corrected chi connectivity index (χ3v) is 2.17. The first-order valence-corrected chi connectivity index (χ1v) is 4.71. The van der Waals surface area contributed by atoms with Gasteiger partial charge in [0, 0.05) is 0 Å². The Labute approximate surface area is 94.8 Å². The highest BCUT2D eigenvalue weighted by molar-refractivity contribution is 6.02. The molecule has 0 aliphatic carbocycles. The van der Waals surface area contributed by atoms with E-state index in [1.165, 1.54) is 13.0 Å². The summed E-state index contributed by atoms with van der Waals surface area (Å²) in [4.78, 5) is 11.5. The number of nitrogens with one attached hydrogen (secondary N) is 2. The minimum Gasteiger partial charge on any atom is -0.316 e. The fourth-order valence-corrected chi connectivity index (χ4v) is 1.26. The number of hydrogen-bond acceptors (Lipinski definition) is 3. The zero-order valence-corrected chi connectivity index (χ0v) is 8.79. The molecule has 0 unspecified atom stereocenters. The Morgan fingerprint density at radius 1 is 1.41 bits per heavy atom. The summed E-state index contributed by atoms with van der Waals surface area (Å²) in [5, 5.41) is 11.3. The van der Waals surface area contributed by atoms with E-state index in [0.717, 1.165) is 12.3 Å². The topological polar surface area (TPSA) is 70.7 Å². The molecule has 2 aromatic rings. The first-order chi connectivity index (χ1) is 8.09. The third kappa shape index (κ3) is 2.12. The fourth-order valence-electron chi connectivity index (χ4n) is 1.26. The largest absolute Gasteiger partial charge is 0.316 e. The van der Waals surface area contributed by atoms with Crippen LogP contribution in [0.15, 0.2) is 18.3 Å². The molecule has 1 aromatic carbocycles. The molecule has 7 heteroatoms. The van der Waals surface area contributed by atoms with Gasteiger partial charge in [0.1, 0.15) is 11.5 Å². The average molecular weight is 238 g/mol. The number of aromatic amines is 1. The van der Waals surface area contributed by atoms with Gasteiger partial charge in [-0.2, -0.15) is 15.4 Å². The Hall–Kier alpha value is -2.31. The zero-order chi connectivity index (χ0) is 12.4. The van der Waals surface area contributed by atoms with Gasteiger partial charge in [-0.15, -0.1) is 0 Å². The normalized spacial score (nSPS) is 10.3. The van der Waals surface area contributed by atoms with E-state index in [0.29, 0.717) is 0 Å². The van der Waals surface area contributed by atoms with Crippen molar-refractivity contribution in [3.63, 3.8) is 0 Å². The molecule has 1 aromatic heterocycles. The summed E-state index contributed by atoms with van der Waals surface area (Å²) >= 11 is 0. The average Bonchev–Trinajstić information content (AvgIpc) is 2.83. The first-order valence-electron chi connectivity index (χ1n) is 4.71. The van der Waals surface area contributed by atoms with Crippen molar-refractivity contribution in [2.75, 3.05) is 5.32 Å². The number of hydrogen-bond donors (Lipinski definition) is 2. The Balaban J connectivity index is 2.31. The quantitative estimate of drug-likeness (QED) is 0.835. The molecule has 2 rings (SSSR count). The van der Waals surface area contributed by atoms with Gasteiger partial charge in [0.15, 0.2) is 11.5 Å². The number of halogens is 2. The van der Waals surface area contributed by atoms with E-state index in [1.54, 1.807) is 0 Å². The van der Waals surface area contributed by atoms with Crippen molar-refractivity contribution < 1.29 is 13.6 Å². The fraction of sp³-hybridized carbons (Fsp3) is 0.100. The van der Waals surface area contributed by atoms with Crippen LogP contribution in [-0.2, 0) is 0 Å². The van der Waals surface area contributed by atoms with E-state index < -0.39 is 23.2 Å². The number of amides is 1. The number of H-pyrrole nitrogens is 1. The van der Waals surface area contributed by atoms with Gasteiger partial charge in [-0.25, -0.2) is 8.78 Å². The van der Waals surface area contributed by atoms with Gasteiger partial charge in [-0.3, -0.25) is 4.79 Å². The monoisotopic (exact) mass is 238 g/mol. The number of nitrogens with zero attached hydrogens (tertiary/aromatic N) is 2. The van der Waals surface area contributed by atoms with Gasteiger partial charge in [0.25, 0.3) is 5.91 Å². The first kappa shape index (κ1) is 11.2. The summed E-state index contributed by atoms with van der Waals surface area (Å²) < 4.78 is 26.9. The molecule has 0 saturated carbocycles. The summed E-state index contributed by atoms with van der Waals surface area (Å²) in [6.07, 6.45) is 1.15. The van der Waals surface area contributed by atoms with Crippen LogP contribution >= 0.6 is 0 Å². The van der Waals surface area contributed by atoms with Gasteiger partial charge in [-0.05, 0) is 18.6 Å². The molecule has 17 heavy (non-hydrogen) atoms. The summed E-state index contributed by atoms with van der Waals surface area (Å²) in [5.74, 6) is -2.38. The molecule has 0 radical (unpaired) electrons. The number of anilines is 1. The van der Waals surface area contributed by atoms with E-state index in [-0.39, 0.29) is 11.3 Å². The van der Waals surface area contributed by atoms with E-state index >= 15 is 0 Å². The minimum absolute atomic E-state index is 0.0506. The molecule has 0 saturated heterocycles. The second kappa shape index (κ2) is 4.28. The molecule has 88 valence electrons. The molecule has 0 fully saturated rings. The lowest BCUT2D eigenvalue weighted by Gasteiger charge is -2.07. The highest BCUT2D eigenvalue weighted by Crippen LogP contribution is 2.21. The molecule has 0 aliphatic heterocycles. The van der Waals surface area contributed by atoms with Gasteiger partial charge in [-0.1, -0.05) is 6.07 Å². The predicted molar refractivity (Wildman–Crippen MR) is 55.4 cm³/mol. The van der Waals surface area contributed by atoms with Crippen LogP contribution in [0.25, 0.3) is 0 Å². The maximum absolute atomic E-state index is 13.6. The molecule has 0 aliphatic rings.